The number of hydrogen-bond acceptors (Lipinski definition) is 5. The van der Waals surface area contributed by atoms with E-state index in [9.17, 15) is 13.2 Å². The van der Waals surface area contributed by atoms with Gasteiger partial charge < -0.3 is 4.74 Å². The fourth-order valence-electron chi connectivity index (χ4n) is 1.75. The summed E-state index contributed by atoms with van der Waals surface area (Å²) in [5, 5.41) is 9.11. The van der Waals surface area contributed by atoms with E-state index in [1.54, 1.807) is 0 Å². The van der Waals surface area contributed by atoms with E-state index in [4.69, 9.17) is 21.6 Å². The summed E-state index contributed by atoms with van der Waals surface area (Å²) in [6, 6.07) is 13.5. The Morgan fingerprint density at radius 3 is 2.29 bits per heavy atom. The van der Waals surface area contributed by atoms with Gasteiger partial charge in [0.15, 0.2) is 6.10 Å². The van der Waals surface area contributed by atoms with Gasteiger partial charge in [0.2, 0.25) is 0 Å². The maximum absolute atomic E-state index is 12.1. The number of halogens is 1. The summed E-state index contributed by atoms with van der Waals surface area (Å²) in [5.41, 5.74) is 0.449. The first-order chi connectivity index (χ1) is 11.3. The molecule has 0 aromatic heterocycles. The Bertz CT molecular complexity index is 872. The maximum Gasteiger partial charge on any atom is 0.274 e. The second kappa shape index (κ2) is 7.34. The van der Waals surface area contributed by atoms with Crippen LogP contribution in [0.25, 0.3) is 0 Å². The van der Waals surface area contributed by atoms with Crippen LogP contribution in [-0.2, 0) is 14.8 Å². The van der Waals surface area contributed by atoms with Gasteiger partial charge in [-0.15, -0.1) is 0 Å². The number of carbonyl (C=O) groups is 1. The molecule has 1 amide bonds. The maximum atomic E-state index is 12.1. The zero-order valence-electron chi connectivity index (χ0n) is 12.6. The molecule has 0 unspecified atom stereocenters. The number of benzene rings is 2. The molecule has 0 aliphatic carbocycles. The summed E-state index contributed by atoms with van der Waals surface area (Å²) >= 11 is 5.71. The van der Waals surface area contributed by atoms with E-state index in [1.165, 1.54) is 55.5 Å². The van der Waals surface area contributed by atoms with E-state index in [0.717, 1.165) is 0 Å². The van der Waals surface area contributed by atoms with Crippen LogP contribution in [-0.4, -0.2) is 20.4 Å². The van der Waals surface area contributed by atoms with Gasteiger partial charge in [0.1, 0.15) is 5.75 Å². The number of carbonyl (C=O) groups excluding carboxylic acids is 1. The van der Waals surface area contributed by atoms with E-state index in [0.29, 0.717) is 16.3 Å². The molecule has 2 aromatic carbocycles. The number of rotatable bonds is 5. The molecule has 0 fully saturated rings. The first-order valence-corrected chi connectivity index (χ1v) is 8.67. The number of sulfonamides is 1. The van der Waals surface area contributed by atoms with Crippen molar-refractivity contribution in [2.45, 2.75) is 17.9 Å². The lowest BCUT2D eigenvalue weighted by atomic mass is 10.2. The van der Waals surface area contributed by atoms with Crippen LogP contribution in [0, 0.1) is 11.3 Å². The van der Waals surface area contributed by atoms with Gasteiger partial charge in [-0.3, -0.25) is 4.79 Å². The van der Waals surface area contributed by atoms with Gasteiger partial charge in [0.25, 0.3) is 15.9 Å². The molecule has 6 nitrogen and oxygen atoms in total. The molecule has 2 aromatic rings. The molecule has 0 saturated carbocycles. The lowest BCUT2D eigenvalue weighted by Crippen LogP contribution is -2.39. The molecule has 0 aliphatic heterocycles. The predicted octanol–water partition coefficient (Wildman–Crippen LogP) is 2.48. The fraction of sp³-hybridized carbons (Fsp3) is 0.125. The van der Waals surface area contributed by atoms with Gasteiger partial charge >= 0.3 is 0 Å². The first kappa shape index (κ1) is 17.8. The molecule has 24 heavy (non-hydrogen) atoms. The number of nitrogens with zero attached hydrogens (tertiary/aromatic N) is 1. The Labute approximate surface area is 144 Å². The van der Waals surface area contributed by atoms with Crippen LogP contribution in [0.15, 0.2) is 53.4 Å². The van der Waals surface area contributed by atoms with Crippen LogP contribution in [0.1, 0.15) is 12.5 Å². The molecular weight excluding hydrogens is 352 g/mol. The monoisotopic (exact) mass is 364 g/mol. The largest absolute Gasteiger partial charge is 0.481 e. The first-order valence-electron chi connectivity index (χ1n) is 6.81. The topological polar surface area (TPSA) is 96.3 Å². The van der Waals surface area contributed by atoms with Gasteiger partial charge in [-0.2, -0.15) is 5.26 Å². The van der Waals surface area contributed by atoms with E-state index in [-0.39, 0.29) is 4.90 Å². The van der Waals surface area contributed by atoms with Crippen LogP contribution in [0.5, 0.6) is 5.75 Å². The Hall–Kier alpha value is -2.56. The summed E-state index contributed by atoms with van der Waals surface area (Å²) in [6.07, 6.45) is -1.04. The third-order valence-electron chi connectivity index (χ3n) is 3.02. The quantitative estimate of drug-likeness (QED) is 0.879. The molecule has 0 bridgehead atoms. The summed E-state index contributed by atoms with van der Waals surface area (Å²) in [4.78, 5) is 12.0. The van der Waals surface area contributed by atoms with Gasteiger partial charge in [-0.25, -0.2) is 13.1 Å². The van der Waals surface area contributed by atoms with Crippen molar-refractivity contribution in [1.82, 2.24) is 4.72 Å². The van der Waals surface area contributed by atoms with Gasteiger partial charge in [0.05, 0.1) is 16.5 Å². The average molecular weight is 365 g/mol. The van der Waals surface area contributed by atoms with Crippen LogP contribution < -0.4 is 9.46 Å². The van der Waals surface area contributed by atoms with Crippen molar-refractivity contribution in [3.05, 3.63) is 59.1 Å². The Morgan fingerprint density at radius 2 is 1.75 bits per heavy atom. The molecule has 8 heteroatoms. The molecule has 0 aliphatic rings. The lowest BCUT2D eigenvalue weighted by molar-refractivity contribution is -0.125. The minimum absolute atomic E-state index is 0.0779. The van der Waals surface area contributed by atoms with Gasteiger partial charge in [-0.05, 0) is 55.5 Å². The van der Waals surface area contributed by atoms with Crippen molar-refractivity contribution in [1.29, 1.82) is 5.26 Å². The average Bonchev–Trinajstić information content (AvgIpc) is 2.55. The molecule has 1 N–H and O–H groups in total. The minimum atomic E-state index is -4.01. The normalized spacial score (nSPS) is 12.0. The Morgan fingerprint density at radius 1 is 1.17 bits per heavy atom. The highest BCUT2D eigenvalue weighted by Crippen LogP contribution is 2.16. The number of hydrogen-bond donors (Lipinski definition) is 1. The molecule has 2 rings (SSSR count). The van der Waals surface area contributed by atoms with Crippen LogP contribution in [0.2, 0.25) is 5.02 Å². The van der Waals surface area contributed by atoms with E-state index >= 15 is 0 Å². The van der Waals surface area contributed by atoms with Crippen molar-refractivity contribution in [3.8, 4) is 11.8 Å². The van der Waals surface area contributed by atoms with Gasteiger partial charge in [0, 0.05) is 5.02 Å². The zero-order chi connectivity index (χ0) is 17.7. The lowest BCUT2D eigenvalue weighted by Gasteiger charge is -2.15. The second-order valence-electron chi connectivity index (χ2n) is 4.82. The van der Waals surface area contributed by atoms with Crippen molar-refractivity contribution < 1.29 is 17.9 Å². The smallest absolute Gasteiger partial charge is 0.274 e. The van der Waals surface area contributed by atoms with Crippen molar-refractivity contribution in [3.63, 3.8) is 0 Å². The minimum Gasteiger partial charge on any atom is -0.481 e. The van der Waals surface area contributed by atoms with E-state index < -0.39 is 22.0 Å². The molecule has 0 spiro atoms. The number of ether oxygens (including phenoxy) is 1. The van der Waals surface area contributed by atoms with Crippen molar-refractivity contribution in [2.24, 2.45) is 0 Å². The van der Waals surface area contributed by atoms with Crippen LogP contribution >= 0.6 is 11.6 Å². The Balaban J connectivity index is 2.05. The van der Waals surface area contributed by atoms with Crippen molar-refractivity contribution >= 4 is 27.5 Å². The van der Waals surface area contributed by atoms with Crippen LogP contribution in [0.4, 0.5) is 0 Å². The summed E-state index contributed by atoms with van der Waals surface area (Å²) in [7, 11) is -4.01. The predicted molar refractivity (Wildman–Crippen MR) is 88.0 cm³/mol. The Kier molecular flexibility index (Phi) is 5.44. The third-order valence-corrected chi connectivity index (χ3v) is 4.64. The zero-order valence-corrected chi connectivity index (χ0v) is 14.1. The number of amides is 1. The highest BCUT2D eigenvalue weighted by atomic mass is 35.5. The number of nitrogens with one attached hydrogen (secondary N) is 1. The molecule has 1 atom stereocenters. The third kappa shape index (κ3) is 4.47. The molecule has 0 radical (unpaired) electrons. The summed E-state index contributed by atoms with van der Waals surface area (Å²) in [6.45, 7) is 1.42. The van der Waals surface area contributed by atoms with E-state index in [1.807, 2.05) is 10.8 Å². The van der Waals surface area contributed by atoms with Gasteiger partial charge in [-0.1, -0.05) is 11.6 Å². The standard InChI is InChI=1S/C16H13ClN2O4S/c1-11(23-14-6-2-12(10-18)3-7-14)16(20)19-24(21,22)15-8-4-13(17)5-9-15/h2-9,11H,1H3,(H,19,20)/t11-/m1/s1. The molecule has 0 saturated heterocycles. The second-order valence-corrected chi connectivity index (χ2v) is 6.94. The summed E-state index contributed by atoms with van der Waals surface area (Å²) < 4.78 is 31.6. The molecule has 0 heterocycles. The highest BCUT2D eigenvalue weighted by Gasteiger charge is 2.22. The van der Waals surface area contributed by atoms with E-state index in [2.05, 4.69) is 0 Å². The summed E-state index contributed by atoms with van der Waals surface area (Å²) in [5.74, 6) is -0.463. The van der Waals surface area contributed by atoms with Crippen LogP contribution in [0.3, 0.4) is 0 Å². The number of nitriles is 1. The fourth-order valence-corrected chi connectivity index (χ4v) is 2.92. The molecular formula is C16H13ClN2O4S. The highest BCUT2D eigenvalue weighted by molar-refractivity contribution is 7.90. The van der Waals surface area contributed by atoms with Crippen molar-refractivity contribution in [2.75, 3.05) is 0 Å². The SMILES string of the molecule is C[C@@H](Oc1ccc(C#N)cc1)C(=O)NS(=O)(=O)c1ccc(Cl)cc1. The molecule has 124 valence electrons.